The van der Waals surface area contributed by atoms with Crippen molar-refractivity contribution >= 4 is 5.57 Å². The lowest BCUT2D eigenvalue weighted by Gasteiger charge is -2.23. The molecule has 1 nitrogen and oxygen atoms in total. The van der Waals surface area contributed by atoms with Crippen molar-refractivity contribution in [3.05, 3.63) is 35.7 Å². The highest BCUT2D eigenvalue weighted by atomic mass is 14.6. The molecule has 1 heteroatoms. The van der Waals surface area contributed by atoms with Crippen LogP contribution in [0.15, 0.2) is 30.1 Å². The van der Waals surface area contributed by atoms with Gasteiger partial charge in [-0.2, -0.15) is 0 Å². The zero-order chi connectivity index (χ0) is 10.7. The molecule has 0 radical (unpaired) electrons. The molecule has 0 aliphatic heterocycles. The van der Waals surface area contributed by atoms with Gasteiger partial charge in [-0.3, -0.25) is 4.98 Å². The number of rotatable bonds is 2. The van der Waals surface area contributed by atoms with Crippen molar-refractivity contribution in [2.24, 2.45) is 5.92 Å². The second kappa shape index (κ2) is 4.61. The average Bonchev–Trinajstić information content (AvgIpc) is 2.30. The maximum absolute atomic E-state index is 4.09. The Bertz CT molecular complexity index is 349. The SMILES string of the molecule is CC(C)C1=C(c2ccncc2)CCCC1. The molecule has 1 aliphatic rings. The highest BCUT2D eigenvalue weighted by Crippen LogP contribution is 2.35. The van der Waals surface area contributed by atoms with Crippen LogP contribution in [-0.2, 0) is 0 Å². The van der Waals surface area contributed by atoms with Crippen LogP contribution in [0.1, 0.15) is 45.1 Å². The molecular weight excluding hydrogens is 182 g/mol. The van der Waals surface area contributed by atoms with Crippen LogP contribution in [0, 0.1) is 5.92 Å². The first-order valence-electron chi connectivity index (χ1n) is 5.91. The maximum Gasteiger partial charge on any atom is 0.0273 e. The first-order chi connectivity index (χ1) is 7.29. The molecule has 0 atom stereocenters. The molecule has 15 heavy (non-hydrogen) atoms. The minimum Gasteiger partial charge on any atom is -0.265 e. The van der Waals surface area contributed by atoms with Crippen molar-refractivity contribution in [3.63, 3.8) is 0 Å². The van der Waals surface area contributed by atoms with Crippen LogP contribution in [0.3, 0.4) is 0 Å². The van der Waals surface area contributed by atoms with Gasteiger partial charge in [0.1, 0.15) is 0 Å². The van der Waals surface area contributed by atoms with E-state index in [2.05, 4.69) is 31.0 Å². The molecule has 0 saturated carbocycles. The molecular formula is C14H19N. The number of hydrogen-bond donors (Lipinski definition) is 0. The Kier molecular flexibility index (Phi) is 3.20. The normalized spacial score (nSPS) is 17.3. The smallest absolute Gasteiger partial charge is 0.0273 e. The molecule has 0 saturated heterocycles. The lowest BCUT2D eigenvalue weighted by atomic mass is 9.82. The average molecular weight is 201 g/mol. The molecule has 1 heterocycles. The van der Waals surface area contributed by atoms with Crippen molar-refractivity contribution in [1.82, 2.24) is 4.98 Å². The van der Waals surface area contributed by atoms with E-state index in [1.807, 2.05) is 12.4 Å². The van der Waals surface area contributed by atoms with Gasteiger partial charge in [-0.25, -0.2) is 0 Å². The molecule has 0 spiro atoms. The molecule has 1 aromatic rings. The summed E-state index contributed by atoms with van der Waals surface area (Å²) in [6.45, 7) is 4.61. The standard InChI is InChI=1S/C14H19N/c1-11(2)13-5-3-4-6-14(13)12-7-9-15-10-8-12/h7-11H,3-6H2,1-2H3. The predicted octanol–water partition coefficient (Wildman–Crippen LogP) is 4.07. The largest absolute Gasteiger partial charge is 0.265 e. The fourth-order valence-electron chi connectivity index (χ4n) is 2.45. The highest BCUT2D eigenvalue weighted by molar-refractivity contribution is 5.69. The van der Waals surface area contributed by atoms with Crippen molar-refractivity contribution in [2.75, 3.05) is 0 Å². The Labute approximate surface area is 92.2 Å². The Morgan fingerprint density at radius 1 is 1.07 bits per heavy atom. The van der Waals surface area contributed by atoms with Crippen molar-refractivity contribution in [2.45, 2.75) is 39.5 Å². The summed E-state index contributed by atoms with van der Waals surface area (Å²) in [5, 5.41) is 0. The summed E-state index contributed by atoms with van der Waals surface area (Å²) in [5.74, 6) is 0.688. The van der Waals surface area contributed by atoms with Crippen LogP contribution in [0.4, 0.5) is 0 Å². The molecule has 0 unspecified atom stereocenters. The summed E-state index contributed by atoms with van der Waals surface area (Å²) in [5.41, 5.74) is 4.62. The summed E-state index contributed by atoms with van der Waals surface area (Å²) < 4.78 is 0. The van der Waals surface area contributed by atoms with E-state index in [0.29, 0.717) is 5.92 Å². The zero-order valence-corrected chi connectivity index (χ0v) is 9.66. The molecule has 0 aromatic carbocycles. The van der Waals surface area contributed by atoms with Crippen LogP contribution in [0.5, 0.6) is 0 Å². The summed E-state index contributed by atoms with van der Waals surface area (Å²) >= 11 is 0. The minimum absolute atomic E-state index is 0.688. The summed E-state index contributed by atoms with van der Waals surface area (Å²) in [4.78, 5) is 4.09. The van der Waals surface area contributed by atoms with Crippen molar-refractivity contribution in [3.8, 4) is 0 Å². The number of hydrogen-bond acceptors (Lipinski definition) is 1. The van der Waals surface area contributed by atoms with Gasteiger partial charge in [-0.05, 0) is 54.9 Å². The van der Waals surface area contributed by atoms with Gasteiger partial charge in [0.2, 0.25) is 0 Å². The topological polar surface area (TPSA) is 12.9 Å². The molecule has 1 aliphatic carbocycles. The molecule has 0 amide bonds. The van der Waals surface area contributed by atoms with Crippen molar-refractivity contribution < 1.29 is 0 Å². The lowest BCUT2D eigenvalue weighted by Crippen LogP contribution is -2.04. The van der Waals surface area contributed by atoms with Gasteiger partial charge in [0.25, 0.3) is 0 Å². The van der Waals surface area contributed by atoms with Crippen LogP contribution in [0.2, 0.25) is 0 Å². The van der Waals surface area contributed by atoms with E-state index >= 15 is 0 Å². The third-order valence-electron chi connectivity index (χ3n) is 3.24. The van der Waals surface area contributed by atoms with E-state index in [0.717, 1.165) is 0 Å². The van der Waals surface area contributed by atoms with Crippen LogP contribution >= 0.6 is 0 Å². The van der Waals surface area contributed by atoms with Crippen molar-refractivity contribution in [1.29, 1.82) is 0 Å². The number of allylic oxidation sites excluding steroid dienone is 2. The zero-order valence-electron chi connectivity index (χ0n) is 9.66. The Morgan fingerprint density at radius 2 is 1.73 bits per heavy atom. The third kappa shape index (κ3) is 2.28. The molecule has 1 aromatic heterocycles. The van der Waals surface area contributed by atoms with Crippen LogP contribution < -0.4 is 0 Å². The van der Waals surface area contributed by atoms with E-state index in [9.17, 15) is 0 Å². The van der Waals surface area contributed by atoms with Gasteiger partial charge in [0, 0.05) is 12.4 Å². The molecule has 0 fully saturated rings. The Morgan fingerprint density at radius 3 is 2.40 bits per heavy atom. The van der Waals surface area contributed by atoms with Crippen LogP contribution in [-0.4, -0.2) is 4.98 Å². The Balaban J connectivity index is 2.39. The predicted molar refractivity (Wildman–Crippen MR) is 64.5 cm³/mol. The van der Waals surface area contributed by atoms with E-state index in [1.165, 1.54) is 31.2 Å². The third-order valence-corrected chi connectivity index (χ3v) is 3.24. The monoisotopic (exact) mass is 201 g/mol. The molecule has 2 rings (SSSR count). The lowest BCUT2D eigenvalue weighted by molar-refractivity contribution is 0.631. The summed E-state index contributed by atoms with van der Waals surface area (Å²) in [6, 6.07) is 4.28. The number of pyridine rings is 1. The van der Waals surface area contributed by atoms with Crippen LogP contribution in [0.25, 0.3) is 5.57 Å². The summed E-state index contributed by atoms with van der Waals surface area (Å²) in [6.07, 6.45) is 9.03. The first kappa shape index (κ1) is 10.4. The second-order valence-corrected chi connectivity index (χ2v) is 4.60. The van der Waals surface area contributed by atoms with E-state index in [1.54, 1.807) is 11.1 Å². The molecule has 80 valence electrons. The number of nitrogens with zero attached hydrogens (tertiary/aromatic N) is 1. The fourth-order valence-corrected chi connectivity index (χ4v) is 2.45. The van der Waals surface area contributed by atoms with E-state index in [-0.39, 0.29) is 0 Å². The van der Waals surface area contributed by atoms with E-state index < -0.39 is 0 Å². The highest BCUT2D eigenvalue weighted by Gasteiger charge is 2.16. The van der Waals surface area contributed by atoms with Gasteiger partial charge in [-0.15, -0.1) is 0 Å². The van der Waals surface area contributed by atoms with Gasteiger partial charge < -0.3 is 0 Å². The van der Waals surface area contributed by atoms with E-state index in [4.69, 9.17) is 0 Å². The van der Waals surface area contributed by atoms with Gasteiger partial charge >= 0.3 is 0 Å². The number of aromatic nitrogens is 1. The van der Waals surface area contributed by atoms with Gasteiger partial charge in [0.05, 0.1) is 0 Å². The van der Waals surface area contributed by atoms with Gasteiger partial charge in [0.15, 0.2) is 0 Å². The quantitative estimate of drug-likeness (QED) is 0.703. The first-order valence-corrected chi connectivity index (χ1v) is 5.91. The fraction of sp³-hybridized carbons (Fsp3) is 0.500. The van der Waals surface area contributed by atoms with Gasteiger partial charge in [-0.1, -0.05) is 19.4 Å². The molecule has 0 N–H and O–H groups in total. The minimum atomic E-state index is 0.688. The summed E-state index contributed by atoms with van der Waals surface area (Å²) in [7, 11) is 0. The molecule has 0 bridgehead atoms. The maximum atomic E-state index is 4.09. The Hall–Kier alpha value is -1.11. The second-order valence-electron chi connectivity index (χ2n) is 4.60.